The van der Waals surface area contributed by atoms with Gasteiger partial charge in [0.15, 0.2) is 0 Å². The van der Waals surface area contributed by atoms with Gasteiger partial charge in [-0.25, -0.2) is 0 Å². The van der Waals surface area contributed by atoms with Gasteiger partial charge in [0.05, 0.1) is 12.8 Å². The summed E-state index contributed by atoms with van der Waals surface area (Å²) in [5.74, 6) is 1.06. The number of furan rings is 1. The van der Waals surface area contributed by atoms with Crippen LogP contribution in [-0.2, 0) is 19.5 Å². The molecule has 0 bridgehead atoms. The van der Waals surface area contributed by atoms with Gasteiger partial charge < -0.3 is 4.42 Å². The number of rotatable bonds is 2. The average molecular weight is 287 g/mol. The second-order valence-electron chi connectivity index (χ2n) is 4.75. The lowest BCUT2D eigenvalue weighted by atomic mass is 9.95. The van der Waals surface area contributed by atoms with Crippen molar-refractivity contribution in [3.63, 3.8) is 0 Å². The van der Waals surface area contributed by atoms with E-state index >= 15 is 0 Å². The van der Waals surface area contributed by atoms with Gasteiger partial charge >= 0.3 is 0 Å². The Bertz CT molecular complexity index is 502. The summed E-state index contributed by atoms with van der Waals surface area (Å²) < 4.78 is 5.41. The molecule has 0 fully saturated rings. The zero-order chi connectivity index (χ0) is 15.7. The van der Waals surface area contributed by atoms with Gasteiger partial charge in [-0.05, 0) is 42.2 Å². The van der Waals surface area contributed by atoms with Crippen molar-refractivity contribution in [1.82, 2.24) is 4.90 Å². The van der Waals surface area contributed by atoms with Gasteiger partial charge in [-0.2, -0.15) is 0 Å². The molecule has 0 spiro atoms. The van der Waals surface area contributed by atoms with Crippen LogP contribution in [0.3, 0.4) is 0 Å². The quantitative estimate of drug-likeness (QED) is 0.755. The fourth-order valence-corrected chi connectivity index (χ4v) is 2.62. The standard InChI is InChI=1S/C15H17NO.2C2H6/c1-12-4-2-5-13-10-16(8-7-15(12)13)11-14-6-3-9-17-14;2*1-2/h2-6,9H,7-8,10-11H2,1H3;2*1-2H3. The Morgan fingerprint density at radius 1 is 1.05 bits per heavy atom. The van der Waals surface area contributed by atoms with Gasteiger partial charge in [-0.15, -0.1) is 0 Å². The molecule has 1 aromatic heterocycles. The predicted molar refractivity (Wildman–Crippen MR) is 90.4 cm³/mol. The molecule has 1 aliphatic rings. The van der Waals surface area contributed by atoms with Crippen LogP contribution in [0.15, 0.2) is 41.0 Å². The SMILES string of the molecule is CC.CC.Cc1cccc2c1CCN(Cc1ccco1)C2. The number of aryl methyl sites for hydroxylation is 1. The summed E-state index contributed by atoms with van der Waals surface area (Å²) in [6, 6.07) is 10.6. The van der Waals surface area contributed by atoms with Crippen LogP contribution in [0.5, 0.6) is 0 Å². The predicted octanol–water partition coefficient (Wildman–Crippen LogP) is 5.20. The van der Waals surface area contributed by atoms with E-state index in [9.17, 15) is 0 Å². The van der Waals surface area contributed by atoms with Gasteiger partial charge in [-0.1, -0.05) is 45.9 Å². The van der Waals surface area contributed by atoms with Crippen LogP contribution >= 0.6 is 0 Å². The second-order valence-corrected chi connectivity index (χ2v) is 4.75. The third kappa shape index (κ3) is 4.75. The third-order valence-electron chi connectivity index (χ3n) is 3.54. The molecular formula is C19H29NO. The van der Waals surface area contributed by atoms with Crippen molar-refractivity contribution < 1.29 is 4.42 Å². The maximum absolute atomic E-state index is 5.41. The molecule has 0 saturated heterocycles. The van der Waals surface area contributed by atoms with Crippen LogP contribution in [0.4, 0.5) is 0 Å². The minimum absolute atomic E-state index is 0.917. The molecule has 1 aliphatic heterocycles. The van der Waals surface area contributed by atoms with Gasteiger partial charge in [-0.3, -0.25) is 4.90 Å². The minimum Gasteiger partial charge on any atom is -0.468 e. The van der Waals surface area contributed by atoms with Gasteiger partial charge in [0, 0.05) is 13.1 Å². The number of hydrogen-bond donors (Lipinski definition) is 0. The average Bonchev–Trinajstić information content (AvgIpc) is 3.04. The maximum Gasteiger partial charge on any atom is 0.117 e. The van der Waals surface area contributed by atoms with Gasteiger partial charge in [0.2, 0.25) is 0 Å². The van der Waals surface area contributed by atoms with E-state index in [1.807, 2.05) is 39.8 Å². The summed E-state index contributed by atoms with van der Waals surface area (Å²) in [6.45, 7) is 13.3. The lowest BCUT2D eigenvalue weighted by Crippen LogP contribution is -2.30. The zero-order valence-corrected chi connectivity index (χ0v) is 14.1. The molecule has 2 nitrogen and oxygen atoms in total. The van der Waals surface area contributed by atoms with Crippen molar-refractivity contribution in [3.05, 3.63) is 59.0 Å². The van der Waals surface area contributed by atoms with Crippen LogP contribution in [-0.4, -0.2) is 11.4 Å². The van der Waals surface area contributed by atoms with E-state index < -0.39 is 0 Å². The first kappa shape index (κ1) is 17.5. The van der Waals surface area contributed by atoms with Gasteiger partial charge in [0.1, 0.15) is 5.76 Å². The van der Waals surface area contributed by atoms with E-state index in [2.05, 4.69) is 30.0 Å². The molecule has 1 aromatic carbocycles. The summed E-state index contributed by atoms with van der Waals surface area (Å²) in [4.78, 5) is 2.45. The van der Waals surface area contributed by atoms with Crippen molar-refractivity contribution >= 4 is 0 Å². The molecule has 0 saturated carbocycles. The van der Waals surface area contributed by atoms with E-state index in [1.54, 1.807) is 11.8 Å². The molecule has 0 unspecified atom stereocenters. The monoisotopic (exact) mass is 287 g/mol. The number of hydrogen-bond acceptors (Lipinski definition) is 2. The Morgan fingerprint density at radius 3 is 2.48 bits per heavy atom. The lowest BCUT2D eigenvalue weighted by Gasteiger charge is -2.28. The van der Waals surface area contributed by atoms with Crippen molar-refractivity contribution in [2.24, 2.45) is 0 Å². The van der Waals surface area contributed by atoms with Crippen LogP contribution in [0.25, 0.3) is 0 Å². The third-order valence-corrected chi connectivity index (χ3v) is 3.54. The normalized spacial score (nSPS) is 13.4. The molecule has 0 amide bonds. The molecular weight excluding hydrogens is 258 g/mol. The highest BCUT2D eigenvalue weighted by atomic mass is 16.3. The molecule has 0 aliphatic carbocycles. The topological polar surface area (TPSA) is 16.4 Å². The molecule has 21 heavy (non-hydrogen) atoms. The Hall–Kier alpha value is -1.54. The van der Waals surface area contributed by atoms with Crippen molar-refractivity contribution in [1.29, 1.82) is 0 Å². The molecule has 3 rings (SSSR count). The Labute approximate surface area is 129 Å². The Balaban J connectivity index is 0.000000510. The first-order valence-electron chi connectivity index (χ1n) is 8.15. The molecule has 2 aromatic rings. The zero-order valence-electron chi connectivity index (χ0n) is 14.1. The fourth-order valence-electron chi connectivity index (χ4n) is 2.62. The van der Waals surface area contributed by atoms with E-state index in [-0.39, 0.29) is 0 Å². The molecule has 0 atom stereocenters. The Kier molecular flexibility index (Phi) is 7.84. The molecule has 2 heterocycles. The van der Waals surface area contributed by atoms with Crippen LogP contribution in [0.2, 0.25) is 0 Å². The summed E-state index contributed by atoms with van der Waals surface area (Å²) in [6.07, 6.45) is 2.90. The first-order chi connectivity index (χ1) is 10.3. The summed E-state index contributed by atoms with van der Waals surface area (Å²) in [5.41, 5.74) is 4.45. The van der Waals surface area contributed by atoms with Crippen LogP contribution in [0.1, 0.15) is 50.1 Å². The van der Waals surface area contributed by atoms with E-state index in [1.165, 1.54) is 11.1 Å². The second kappa shape index (κ2) is 9.41. The number of fused-ring (bicyclic) bond motifs is 1. The van der Waals surface area contributed by atoms with Crippen LogP contribution < -0.4 is 0 Å². The van der Waals surface area contributed by atoms with Crippen molar-refractivity contribution in [2.75, 3.05) is 6.54 Å². The number of nitrogens with zero attached hydrogens (tertiary/aromatic N) is 1. The number of benzene rings is 1. The van der Waals surface area contributed by atoms with Crippen molar-refractivity contribution in [2.45, 2.75) is 54.1 Å². The highest BCUT2D eigenvalue weighted by Gasteiger charge is 2.17. The largest absolute Gasteiger partial charge is 0.468 e. The first-order valence-corrected chi connectivity index (χ1v) is 8.15. The highest BCUT2D eigenvalue weighted by Crippen LogP contribution is 2.23. The smallest absolute Gasteiger partial charge is 0.117 e. The molecule has 2 heteroatoms. The summed E-state index contributed by atoms with van der Waals surface area (Å²) in [5, 5.41) is 0. The highest BCUT2D eigenvalue weighted by molar-refractivity contribution is 5.36. The van der Waals surface area contributed by atoms with E-state index in [0.29, 0.717) is 0 Å². The maximum atomic E-state index is 5.41. The summed E-state index contributed by atoms with van der Waals surface area (Å²) >= 11 is 0. The van der Waals surface area contributed by atoms with E-state index in [4.69, 9.17) is 4.42 Å². The summed E-state index contributed by atoms with van der Waals surface area (Å²) in [7, 11) is 0. The minimum atomic E-state index is 0.917. The molecule has 0 radical (unpaired) electrons. The Morgan fingerprint density at radius 2 is 1.81 bits per heavy atom. The van der Waals surface area contributed by atoms with Gasteiger partial charge in [0.25, 0.3) is 0 Å². The van der Waals surface area contributed by atoms with E-state index in [0.717, 1.165) is 31.8 Å². The lowest BCUT2D eigenvalue weighted by molar-refractivity contribution is 0.225. The molecule has 116 valence electrons. The fraction of sp³-hybridized carbons (Fsp3) is 0.474. The van der Waals surface area contributed by atoms with Crippen molar-refractivity contribution in [3.8, 4) is 0 Å². The van der Waals surface area contributed by atoms with Crippen LogP contribution in [0, 0.1) is 6.92 Å². The molecule has 0 N–H and O–H groups in total.